The minimum Gasteiger partial charge on any atom is -0.281 e. The van der Waals surface area contributed by atoms with E-state index in [0.29, 0.717) is 0 Å². The average molecular weight is 265 g/mol. The van der Waals surface area contributed by atoms with Gasteiger partial charge in [0.1, 0.15) is 5.69 Å². The molecule has 1 aromatic heterocycles. The number of H-pyrrole nitrogens is 1. The third kappa shape index (κ3) is 1.84. The maximum absolute atomic E-state index is 4.35. The van der Waals surface area contributed by atoms with Gasteiger partial charge in [0.05, 0.1) is 4.47 Å². The summed E-state index contributed by atoms with van der Waals surface area (Å²) >= 11 is 3.59. The van der Waals surface area contributed by atoms with Crippen molar-refractivity contribution in [3.8, 4) is 11.3 Å². The van der Waals surface area contributed by atoms with Gasteiger partial charge in [-0.15, -0.1) is 0 Å². The summed E-state index contributed by atoms with van der Waals surface area (Å²) in [5.74, 6) is 0. The molecular formula is C12H13BrN2. The summed E-state index contributed by atoms with van der Waals surface area (Å²) in [4.78, 5) is 0. The van der Waals surface area contributed by atoms with E-state index in [1.165, 1.54) is 11.1 Å². The molecule has 0 saturated heterocycles. The number of aromatic amines is 1. The second-order valence-corrected chi connectivity index (χ2v) is 4.33. The summed E-state index contributed by atoms with van der Waals surface area (Å²) in [5.41, 5.74) is 4.57. The molecule has 0 spiro atoms. The lowest BCUT2D eigenvalue weighted by Gasteiger charge is -2.02. The van der Waals surface area contributed by atoms with E-state index in [9.17, 15) is 0 Å². The molecule has 2 nitrogen and oxygen atoms in total. The highest BCUT2D eigenvalue weighted by Gasteiger charge is 2.12. The van der Waals surface area contributed by atoms with E-state index in [1.54, 1.807) is 0 Å². The highest BCUT2D eigenvalue weighted by molar-refractivity contribution is 9.10. The van der Waals surface area contributed by atoms with E-state index in [0.717, 1.165) is 22.3 Å². The minimum atomic E-state index is 0.958. The Balaban J connectivity index is 2.55. The molecule has 3 heteroatoms. The topological polar surface area (TPSA) is 28.7 Å². The predicted molar refractivity (Wildman–Crippen MR) is 65.8 cm³/mol. The number of halogens is 1. The van der Waals surface area contributed by atoms with E-state index in [-0.39, 0.29) is 0 Å². The summed E-state index contributed by atoms with van der Waals surface area (Å²) in [6.45, 7) is 4.21. The smallest absolute Gasteiger partial charge is 0.107 e. The molecule has 0 saturated carbocycles. The Hall–Kier alpha value is -1.09. The first-order chi connectivity index (χ1) is 7.24. The van der Waals surface area contributed by atoms with E-state index in [1.807, 2.05) is 12.1 Å². The van der Waals surface area contributed by atoms with Gasteiger partial charge in [-0.25, -0.2) is 0 Å². The molecule has 1 N–H and O–H groups in total. The van der Waals surface area contributed by atoms with Crippen molar-refractivity contribution in [1.82, 2.24) is 10.2 Å². The van der Waals surface area contributed by atoms with E-state index >= 15 is 0 Å². The van der Waals surface area contributed by atoms with Gasteiger partial charge in [-0.1, -0.05) is 31.2 Å². The van der Waals surface area contributed by atoms with Crippen LogP contribution in [0.4, 0.5) is 0 Å². The van der Waals surface area contributed by atoms with Crippen LogP contribution in [0.3, 0.4) is 0 Å². The Morgan fingerprint density at radius 1 is 1.33 bits per heavy atom. The second kappa shape index (κ2) is 4.19. The van der Waals surface area contributed by atoms with E-state index in [4.69, 9.17) is 0 Å². The van der Waals surface area contributed by atoms with Crippen LogP contribution in [0.1, 0.15) is 18.2 Å². The molecule has 2 aromatic rings. The van der Waals surface area contributed by atoms with Crippen LogP contribution >= 0.6 is 15.9 Å². The molecule has 0 radical (unpaired) electrons. The Morgan fingerprint density at radius 3 is 2.67 bits per heavy atom. The van der Waals surface area contributed by atoms with Crippen LogP contribution in [-0.2, 0) is 6.42 Å². The second-order valence-electron chi connectivity index (χ2n) is 3.53. The number of aryl methyl sites for hydroxylation is 2. The van der Waals surface area contributed by atoms with Gasteiger partial charge in [0.25, 0.3) is 0 Å². The highest BCUT2D eigenvalue weighted by Crippen LogP contribution is 2.30. The summed E-state index contributed by atoms with van der Waals surface area (Å²) < 4.78 is 1.08. The molecule has 0 unspecified atom stereocenters. The van der Waals surface area contributed by atoms with Crippen molar-refractivity contribution < 1.29 is 0 Å². The number of hydrogen-bond acceptors (Lipinski definition) is 1. The van der Waals surface area contributed by atoms with E-state index in [2.05, 4.69) is 52.1 Å². The van der Waals surface area contributed by atoms with Gasteiger partial charge in [0.2, 0.25) is 0 Å². The lowest BCUT2D eigenvalue weighted by atomic mass is 10.1. The molecule has 78 valence electrons. The molecule has 1 aromatic carbocycles. The molecular weight excluding hydrogens is 252 g/mol. The number of nitrogens with zero attached hydrogens (tertiary/aromatic N) is 1. The van der Waals surface area contributed by atoms with Gasteiger partial charge in [0.15, 0.2) is 0 Å². The van der Waals surface area contributed by atoms with Crippen molar-refractivity contribution in [2.75, 3.05) is 0 Å². The predicted octanol–water partition coefficient (Wildman–Crippen LogP) is 3.71. The lowest BCUT2D eigenvalue weighted by Crippen LogP contribution is -1.83. The maximum atomic E-state index is 4.35. The number of rotatable bonds is 2. The fourth-order valence-corrected chi connectivity index (χ4v) is 2.29. The van der Waals surface area contributed by atoms with Gasteiger partial charge >= 0.3 is 0 Å². The molecule has 0 amide bonds. The normalized spacial score (nSPS) is 10.6. The third-order valence-electron chi connectivity index (χ3n) is 2.53. The first kappa shape index (κ1) is 10.4. The average Bonchev–Trinajstić information content (AvgIpc) is 2.60. The monoisotopic (exact) mass is 264 g/mol. The van der Waals surface area contributed by atoms with Crippen LogP contribution in [0.5, 0.6) is 0 Å². The van der Waals surface area contributed by atoms with Gasteiger partial charge in [-0.2, -0.15) is 5.10 Å². The fourth-order valence-electron chi connectivity index (χ4n) is 1.62. The summed E-state index contributed by atoms with van der Waals surface area (Å²) in [6, 6.07) is 8.27. The first-order valence-electron chi connectivity index (χ1n) is 5.02. The van der Waals surface area contributed by atoms with Crippen LogP contribution in [0.25, 0.3) is 11.3 Å². The molecule has 15 heavy (non-hydrogen) atoms. The van der Waals surface area contributed by atoms with Crippen LogP contribution < -0.4 is 0 Å². The van der Waals surface area contributed by atoms with Crippen LogP contribution in [0, 0.1) is 6.92 Å². The Morgan fingerprint density at radius 2 is 2.07 bits per heavy atom. The lowest BCUT2D eigenvalue weighted by molar-refractivity contribution is 0.973. The van der Waals surface area contributed by atoms with Crippen LogP contribution in [0.2, 0.25) is 0 Å². The standard InChI is InChI=1S/C12H13BrN2/c1-3-10-11(13)12(15-14-10)9-7-5-4-6-8(9)2/h4-7H,3H2,1-2H3,(H,14,15). The fraction of sp³-hybridized carbons (Fsp3) is 0.250. The number of hydrogen-bond donors (Lipinski definition) is 1. The van der Waals surface area contributed by atoms with Gasteiger partial charge in [-0.3, -0.25) is 5.10 Å². The molecule has 0 aliphatic heterocycles. The summed E-state index contributed by atoms with van der Waals surface area (Å²) in [5, 5.41) is 7.40. The first-order valence-corrected chi connectivity index (χ1v) is 5.82. The van der Waals surface area contributed by atoms with Crippen LogP contribution in [-0.4, -0.2) is 10.2 Å². The number of benzene rings is 1. The maximum Gasteiger partial charge on any atom is 0.107 e. The SMILES string of the molecule is CCc1[nH]nc(-c2ccccc2C)c1Br. The van der Waals surface area contributed by atoms with Crippen molar-refractivity contribution >= 4 is 15.9 Å². The quantitative estimate of drug-likeness (QED) is 0.881. The summed E-state index contributed by atoms with van der Waals surface area (Å²) in [6.07, 6.45) is 0.958. The molecule has 0 atom stereocenters. The number of aromatic nitrogens is 2. The zero-order valence-electron chi connectivity index (χ0n) is 8.84. The van der Waals surface area contributed by atoms with Gasteiger partial charge in [0, 0.05) is 11.3 Å². The Bertz CT molecular complexity index is 474. The molecule has 0 aliphatic carbocycles. The van der Waals surface area contributed by atoms with Gasteiger partial charge < -0.3 is 0 Å². The summed E-state index contributed by atoms with van der Waals surface area (Å²) in [7, 11) is 0. The van der Waals surface area contributed by atoms with Crippen molar-refractivity contribution in [2.24, 2.45) is 0 Å². The largest absolute Gasteiger partial charge is 0.281 e. The van der Waals surface area contributed by atoms with Crippen molar-refractivity contribution in [1.29, 1.82) is 0 Å². The molecule has 0 fully saturated rings. The molecule has 0 aliphatic rings. The molecule has 0 bridgehead atoms. The van der Waals surface area contributed by atoms with Gasteiger partial charge in [-0.05, 0) is 34.8 Å². The van der Waals surface area contributed by atoms with Crippen molar-refractivity contribution in [2.45, 2.75) is 20.3 Å². The van der Waals surface area contributed by atoms with Crippen molar-refractivity contribution in [3.05, 3.63) is 40.0 Å². The highest BCUT2D eigenvalue weighted by atomic mass is 79.9. The Labute approximate surface area is 97.8 Å². The minimum absolute atomic E-state index is 0.958. The van der Waals surface area contributed by atoms with Crippen LogP contribution in [0.15, 0.2) is 28.7 Å². The Kier molecular flexibility index (Phi) is 2.91. The molecule has 1 heterocycles. The zero-order chi connectivity index (χ0) is 10.8. The third-order valence-corrected chi connectivity index (χ3v) is 3.38. The zero-order valence-corrected chi connectivity index (χ0v) is 10.4. The van der Waals surface area contributed by atoms with E-state index < -0.39 is 0 Å². The van der Waals surface area contributed by atoms with Crippen molar-refractivity contribution in [3.63, 3.8) is 0 Å². The number of nitrogens with one attached hydrogen (secondary N) is 1. The molecule has 2 rings (SSSR count).